The Balaban J connectivity index is 2.01. The fourth-order valence-corrected chi connectivity index (χ4v) is 1.53. The van der Waals surface area contributed by atoms with E-state index < -0.39 is 0 Å². The molecule has 2 heteroatoms. The number of carbonyl (C=O) groups excluding carboxylic acids is 2. The Kier molecular flexibility index (Phi) is 3.10. The van der Waals surface area contributed by atoms with Crippen LogP contribution in [0.5, 0.6) is 0 Å². The molecule has 0 bridgehead atoms. The van der Waals surface area contributed by atoms with Gasteiger partial charge < -0.3 is 0 Å². The lowest BCUT2D eigenvalue weighted by Crippen LogP contribution is -1.96. The largest absolute Gasteiger partial charge is 0.295 e. The molecule has 80 valence electrons. The van der Waals surface area contributed by atoms with Crippen molar-refractivity contribution in [3.05, 3.63) is 59.8 Å². The van der Waals surface area contributed by atoms with Crippen LogP contribution < -0.4 is 0 Å². The third-order valence-corrected chi connectivity index (χ3v) is 2.47. The molecule has 0 fully saturated rings. The second-order valence-corrected chi connectivity index (χ2v) is 3.75. The van der Waals surface area contributed by atoms with Crippen LogP contribution in [-0.2, 0) is 9.59 Å². The number of rotatable bonds is 2. The average molecular weight is 212 g/mol. The SMILES string of the molecule is O=C1C=CC(C=CC2=CCC(=O)C=C2)=CC1. The summed E-state index contributed by atoms with van der Waals surface area (Å²) in [6.45, 7) is 0. The van der Waals surface area contributed by atoms with Crippen LogP contribution in [0, 0.1) is 0 Å². The monoisotopic (exact) mass is 212 g/mol. The molecule has 0 aliphatic heterocycles. The summed E-state index contributed by atoms with van der Waals surface area (Å²) in [5.74, 6) is 0.277. The molecular weight excluding hydrogens is 200 g/mol. The maximum Gasteiger partial charge on any atom is 0.159 e. The summed E-state index contributed by atoms with van der Waals surface area (Å²) in [5, 5.41) is 0. The number of carbonyl (C=O) groups is 2. The van der Waals surface area contributed by atoms with Crippen molar-refractivity contribution >= 4 is 11.6 Å². The van der Waals surface area contributed by atoms with Crippen LogP contribution in [0.4, 0.5) is 0 Å². The topological polar surface area (TPSA) is 34.1 Å². The molecule has 0 amide bonds. The zero-order chi connectivity index (χ0) is 11.4. The summed E-state index contributed by atoms with van der Waals surface area (Å²) >= 11 is 0. The predicted molar refractivity (Wildman–Crippen MR) is 62.8 cm³/mol. The molecule has 0 unspecified atom stereocenters. The Morgan fingerprint density at radius 1 is 0.750 bits per heavy atom. The lowest BCUT2D eigenvalue weighted by Gasteiger charge is -2.02. The maximum absolute atomic E-state index is 10.9. The van der Waals surface area contributed by atoms with Crippen LogP contribution in [-0.4, -0.2) is 11.6 Å². The first-order chi connectivity index (χ1) is 7.74. The van der Waals surface area contributed by atoms with Gasteiger partial charge in [0.1, 0.15) is 0 Å². The Morgan fingerprint density at radius 3 is 1.50 bits per heavy atom. The molecule has 2 aliphatic rings. The van der Waals surface area contributed by atoms with E-state index in [9.17, 15) is 9.59 Å². The van der Waals surface area contributed by atoms with Crippen molar-refractivity contribution in [1.82, 2.24) is 0 Å². The van der Waals surface area contributed by atoms with Crippen LogP contribution in [0.3, 0.4) is 0 Å². The first-order valence-electron chi connectivity index (χ1n) is 5.24. The van der Waals surface area contributed by atoms with Gasteiger partial charge in [-0.1, -0.05) is 36.5 Å². The van der Waals surface area contributed by atoms with Gasteiger partial charge in [-0.15, -0.1) is 0 Å². The lowest BCUT2D eigenvalue weighted by molar-refractivity contribution is -0.114. The molecular formula is C14H12O2. The number of allylic oxidation sites excluding steroid dienone is 10. The van der Waals surface area contributed by atoms with Gasteiger partial charge in [0, 0.05) is 12.8 Å². The van der Waals surface area contributed by atoms with Gasteiger partial charge in [0.25, 0.3) is 0 Å². The van der Waals surface area contributed by atoms with E-state index in [1.165, 1.54) is 0 Å². The summed E-state index contributed by atoms with van der Waals surface area (Å²) in [4.78, 5) is 21.9. The summed E-state index contributed by atoms with van der Waals surface area (Å²) in [6, 6.07) is 0. The summed E-state index contributed by atoms with van der Waals surface area (Å²) in [7, 11) is 0. The third kappa shape index (κ3) is 2.76. The van der Waals surface area contributed by atoms with Crippen molar-refractivity contribution in [2.24, 2.45) is 0 Å². The summed E-state index contributed by atoms with van der Waals surface area (Å²) in [5.41, 5.74) is 2.07. The molecule has 2 aliphatic carbocycles. The summed E-state index contributed by atoms with van der Waals surface area (Å²) in [6.07, 6.45) is 15.5. The predicted octanol–water partition coefficient (Wildman–Crippen LogP) is 2.45. The Morgan fingerprint density at radius 2 is 1.19 bits per heavy atom. The molecule has 0 saturated heterocycles. The van der Waals surface area contributed by atoms with Gasteiger partial charge in [0.15, 0.2) is 11.6 Å². The Hall–Kier alpha value is -1.96. The zero-order valence-electron chi connectivity index (χ0n) is 8.85. The molecule has 0 saturated carbocycles. The van der Waals surface area contributed by atoms with E-state index in [1.54, 1.807) is 24.3 Å². The molecule has 0 N–H and O–H groups in total. The van der Waals surface area contributed by atoms with E-state index in [4.69, 9.17) is 0 Å². The first-order valence-corrected chi connectivity index (χ1v) is 5.24. The van der Waals surface area contributed by atoms with E-state index in [1.807, 2.05) is 24.3 Å². The summed E-state index contributed by atoms with van der Waals surface area (Å²) < 4.78 is 0. The first kappa shape index (κ1) is 10.6. The van der Waals surface area contributed by atoms with E-state index in [0.717, 1.165) is 11.1 Å². The fourth-order valence-electron chi connectivity index (χ4n) is 1.53. The van der Waals surface area contributed by atoms with Crippen LogP contribution in [0.25, 0.3) is 0 Å². The molecule has 2 rings (SSSR count). The maximum atomic E-state index is 10.9. The van der Waals surface area contributed by atoms with Gasteiger partial charge >= 0.3 is 0 Å². The highest BCUT2D eigenvalue weighted by Gasteiger charge is 2.02. The van der Waals surface area contributed by atoms with Gasteiger partial charge in [0.05, 0.1) is 0 Å². The number of ketones is 2. The molecule has 0 aromatic carbocycles. The third-order valence-electron chi connectivity index (χ3n) is 2.47. The molecule has 16 heavy (non-hydrogen) atoms. The van der Waals surface area contributed by atoms with Crippen molar-refractivity contribution < 1.29 is 9.59 Å². The highest BCUT2D eigenvalue weighted by molar-refractivity contribution is 5.93. The second-order valence-electron chi connectivity index (χ2n) is 3.75. The van der Waals surface area contributed by atoms with Crippen LogP contribution in [0.15, 0.2) is 59.8 Å². The lowest BCUT2D eigenvalue weighted by atomic mass is 10.0. The molecule has 0 atom stereocenters. The minimum Gasteiger partial charge on any atom is -0.295 e. The minimum absolute atomic E-state index is 0.138. The highest BCUT2D eigenvalue weighted by Crippen LogP contribution is 2.13. The Labute approximate surface area is 94.3 Å². The normalized spacial score (nSPS) is 20.2. The van der Waals surface area contributed by atoms with Gasteiger partial charge in [0.2, 0.25) is 0 Å². The van der Waals surface area contributed by atoms with E-state index in [2.05, 4.69) is 0 Å². The molecule has 0 aromatic heterocycles. The molecule has 0 aromatic rings. The van der Waals surface area contributed by atoms with Crippen molar-refractivity contribution in [3.63, 3.8) is 0 Å². The zero-order valence-corrected chi connectivity index (χ0v) is 8.85. The van der Waals surface area contributed by atoms with Gasteiger partial charge in [-0.2, -0.15) is 0 Å². The van der Waals surface area contributed by atoms with Gasteiger partial charge in [-0.3, -0.25) is 9.59 Å². The molecule has 2 nitrogen and oxygen atoms in total. The van der Waals surface area contributed by atoms with Crippen molar-refractivity contribution in [2.75, 3.05) is 0 Å². The number of hydrogen-bond donors (Lipinski definition) is 0. The molecule has 0 spiro atoms. The quantitative estimate of drug-likeness (QED) is 0.704. The average Bonchev–Trinajstić information content (AvgIpc) is 2.30. The van der Waals surface area contributed by atoms with E-state index >= 15 is 0 Å². The van der Waals surface area contributed by atoms with E-state index in [0.29, 0.717) is 12.8 Å². The highest BCUT2D eigenvalue weighted by atomic mass is 16.1. The van der Waals surface area contributed by atoms with E-state index in [-0.39, 0.29) is 11.6 Å². The molecule has 0 radical (unpaired) electrons. The second kappa shape index (κ2) is 4.71. The van der Waals surface area contributed by atoms with Crippen molar-refractivity contribution in [2.45, 2.75) is 12.8 Å². The Bertz CT molecular complexity index is 427. The van der Waals surface area contributed by atoms with Crippen LogP contribution in [0.1, 0.15) is 12.8 Å². The number of hydrogen-bond acceptors (Lipinski definition) is 2. The fraction of sp³-hybridized carbons (Fsp3) is 0.143. The van der Waals surface area contributed by atoms with Crippen molar-refractivity contribution in [1.29, 1.82) is 0 Å². The van der Waals surface area contributed by atoms with Gasteiger partial charge in [-0.05, 0) is 23.3 Å². The standard InChI is InChI=1S/C14H12O2/c15-13-7-3-11(4-8-13)1-2-12-5-9-14(16)10-6-12/h1-7,9H,8,10H2. The van der Waals surface area contributed by atoms with Gasteiger partial charge in [-0.25, -0.2) is 0 Å². The molecule has 0 heterocycles. The minimum atomic E-state index is 0.138. The van der Waals surface area contributed by atoms with Crippen LogP contribution >= 0.6 is 0 Å². The van der Waals surface area contributed by atoms with Crippen molar-refractivity contribution in [3.8, 4) is 0 Å². The smallest absolute Gasteiger partial charge is 0.159 e. The van der Waals surface area contributed by atoms with Crippen LogP contribution in [0.2, 0.25) is 0 Å².